The zero-order valence-corrected chi connectivity index (χ0v) is 14.3. The van der Waals surface area contributed by atoms with Crippen molar-refractivity contribution >= 4 is 31.9 Å². The summed E-state index contributed by atoms with van der Waals surface area (Å²) in [7, 11) is 2.01. The Morgan fingerprint density at radius 2 is 1.74 bits per heavy atom. The van der Waals surface area contributed by atoms with Gasteiger partial charge in [-0.15, -0.1) is 0 Å². The van der Waals surface area contributed by atoms with Gasteiger partial charge >= 0.3 is 0 Å². The summed E-state index contributed by atoms with van der Waals surface area (Å²) < 4.78 is 2.22. The van der Waals surface area contributed by atoms with E-state index in [1.54, 1.807) is 0 Å². The lowest BCUT2D eigenvalue weighted by molar-refractivity contribution is 0.589. The third-order valence-electron chi connectivity index (χ3n) is 3.25. The van der Waals surface area contributed by atoms with E-state index in [4.69, 9.17) is 0 Å². The van der Waals surface area contributed by atoms with Crippen molar-refractivity contribution in [2.24, 2.45) is 0 Å². The van der Waals surface area contributed by atoms with Crippen LogP contribution in [0.25, 0.3) is 0 Å². The Morgan fingerprint density at radius 1 is 1.05 bits per heavy atom. The van der Waals surface area contributed by atoms with Crippen molar-refractivity contribution in [3.8, 4) is 0 Å². The second-order valence-corrected chi connectivity index (χ2v) is 6.47. The molecule has 0 aromatic heterocycles. The number of hydrogen-bond donors (Lipinski definition) is 1. The molecule has 2 rings (SSSR count). The van der Waals surface area contributed by atoms with E-state index in [1.807, 2.05) is 7.05 Å². The molecule has 2 aromatic carbocycles. The van der Waals surface area contributed by atoms with E-state index < -0.39 is 0 Å². The van der Waals surface area contributed by atoms with Gasteiger partial charge in [-0.05, 0) is 43.7 Å². The highest BCUT2D eigenvalue weighted by atomic mass is 79.9. The monoisotopic (exact) mass is 381 g/mol. The van der Waals surface area contributed by atoms with Gasteiger partial charge in [-0.1, -0.05) is 67.8 Å². The minimum absolute atomic E-state index is 0.310. The molecular formula is C16H17Br2N. The number of rotatable bonds is 4. The first-order valence-electron chi connectivity index (χ1n) is 6.28. The van der Waals surface area contributed by atoms with Crippen LogP contribution in [0.15, 0.2) is 51.4 Å². The highest BCUT2D eigenvalue weighted by molar-refractivity contribution is 9.11. The lowest BCUT2D eigenvalue weighted by atomic mass is 9.98. The quantitative estimate of drug-likeness (QED) is 0.782. The first-order valence-corrected chi connectivity index (χ1v) is 7.86. The standard InChI is InChI=1S/C16H17Br2N/c1-11-3-5-12(6-4-11)9-16(19-2)14-8-7-13(17)10-15(14)18/h3-8,10,16,19H,9H2,1-2H3. The van der Waals surface area contributed by atoms with Crippen LogP contribution in [0, 0.1) is 6.92 Å². The lowest BCUT2D eigenvalue weighted by Crippen LogP contribution is -2.19. The van der Waals surface area contributed by atoms with Crippen molar-refractivity contribution in [2.45, 2.75) is 19.4 Å². The minimum Gasteiger partial charge on any atom is -0.313 e. The molecule has 100 valence electrons. The molecule has 0 heterocycles. The van der Waals surface area contributed by atoms with Gasteiger partial charge in [0.05, 0.1) is 0 Å². The van der Waals surface area contributed by atoms with Crippen LogP contribution < -0.4 is 5.32 Å². The molecular weight excluding hydrogens is 366 g/mol. The van der Waals surface area contributed by atoms with Gasteiger partial charge < -0.3 is 5.32 Å². The van der Waals surface area contributed by atoms with E-state index >= 15 is 0 Å². The topological polar surface area (TPSA) is 12.0 Å². The fourth-order valence-corrected chi connectivity index (χ4v) is 3.43. The summed E-state index contributed by atoms with van der Waals surface area (Å²) in [5, 5.41) is 3.40. The molecule has 1 unspecified atom stereocenters. The van der Waals surface area contributed by atoms with Crippen molar-refractivity contribution < 1.29 is 0 Å². The van der Waals surface area contributed by atoms with E-state index in [2.05, 4.69) is 86.6 Å². The van der Waals surface area contributed by atoms with E-state index in [0.29, 0.717) is 6.04 Å². The molecule has 1 N–H and O–H groups in total. The largest absolute Gasteiger partial charge is 0.313 e. The van der Waals surface area contributed by atoms with Crippen LogP contribution in [0.2, 0.25) is 0 Å². The van der Waals surface area contributed by atoms with E-state index in [-0.39, 0.29) is 0 Å². The van der Waals surface area contributed by atoms with Gasteiger partial charge in [-0.25, -0.2) is 0 Å². The number of halogens is 2. The molecule has 0 aliphatic carbocycles. The Balaban J connectivity index is 2.22. The number of likely N-dealkylation sites (N-methyl/N-ethyl adjacent to an activating group) is 1. The molecule has 0 aliphatic rings. The van der Waals surface area contributed by atoms with E-state index in [9.17, 15) is 0 Å². The van der Waals surface area contributed by atoms with E-state index in [0.717, 1.165) is 15.4 Å². The van der Waals surface area contributed by atoms with Crippen molar-refractivity contribution in [3.63, 3.8) is 0 Å². The molecule has 0 bridgehead atoms. The second kappa shape index (κ2) is 6.69. The van der Waals surface area contributed by atoms with E-state index in [1.165, 1.54) is 16.7 Å². The van der Waals surface area contributed by atoms with Crippen LogP contribution in [0.4, 0.5) is 0 Å². The lowest BCUT2D eigenvalue weighted by Gasteiger charge is -2.18. The fraction of sp³-hybridized carbons (Fsp3) is 0.250. The first-order chi connectivity index (χ1) is 9.10. The van der Waals surface area contributed by atoms with Crippen molar-refractivity contribution in [2.75, 3.05) is 7.05 Å². The Labute approximate surface area is 131 Å². The van der Waals surface area contributed by atoms with Crippen LogP contribution in [0.1, 0.15) is 22.7 Å². The Kier molecular flexibility index (Phi) is 5.20. The smallest absolute Gasteiger partial charge is 0.0369 e. The second-order valence-electron chi connectivity index (χ2n) is 4.70. The van der Waals surface area contributed by atoms with Crippen molar-refractivity contribution in [1.29, 1.82) is 0 Å². The summed E-state index contributed by atoms with van der Waals surface area (Å²) in [5.74, 6) is 0. The molecule has 0 saturated heterocycles. The van der Waals surface area contributed by atoms with Crippen molar-refractivity contribution in [3.05, 3.63) is 68.1 Å². The maximum atomic E-state index is 3.64. The van der Waals surface area contributed by atoms with Gasteiger partial charge in [0.15, 0.2) is 0 Å². The molecule has 19 heavy (non-hydrogen) atoms. The van der Waals surface area contributed by atoms with Crippen LogP contribution in [-0.4, -0.2) is 7.05 Å². The summed E-state index contributed by atoms with van der Waals surface area (Å²) in [6, 6.07) is 15.4. The molecule has 1 atom stereocenters. The number of aryl methyl sites for hydroxylation is 1. The highest BCUT2D eigenvalue weighted by Crippen LogP contribution is 2.28. The number of hydrogen-bond acceptors (Lipinski definition) is 1. The average Bonchev–Trinajstić information content (AvgIpc) is 2.39. The third kappa shape index (κ3) is 3.91. The zero-order chi connectivity index (χ0) is 13.8. The summed E-state index contributed by atoms with van der Waals surface area (Å²) in [5.41, 5.74) is 3.93. The summed E-state index contributed by atoms with van der Waals surface area (Å²) in [4.78, 5) is 0. The van der Waals surface area contributed by atoms with Gasteiger partial charge in [0, 0.05) is 15.0 Å². The van der Waals surface area contributed by atoms with Gasteiger partial charge in [-0.3, -0.25) is 0 Å². The van der Waals surface area contributed by atoms with Crippen molar-refractivity contribution in [1.82, 2.24) is 5.32 Å². The molecule has 1 nitrogen and oxygen atoms in total. The average molecular weight is 383 g/mol. The highest BCUT2D eigenvalue weighted by Gasteiger charge is 2.13. The maximum Gasteiger partial charge on any atom is 0.0369 e. The first kappa shape index (κ1) is 14.8. The third-order valence-corrected chi connectivity index (χ3v) is 4.43. The Hall–Kier alpha value is -0.640. The summed E-state index contributed by atoms with van der Waals surface area (Å²) in [6.07, 6.45) is 0.983. The maximum absolute atomic E-state index is 3.64. The molecule has 3 heteroatoms. The van der Waals surface area contributed by atoms with Gasteiger partial charge in [0.2, 0.25) is 0 Å². The molecule has 2 aromatic rings. The molecule has 0 fully saturated rings. The normalized spacial score (nSPS) is 12.4. The summed E-state index contributed by atoms with van der Waals surface area (Å²) in [6.45, 7) is 2.12. The SMILES string of the molecule is CNC(Cc1ccc(C)cc1)c1ccc(Br)cc1Br. The van der Waals surface area contributed by atoms with Crippen LogP contribution >= 0.6 is 31.9 Å². The predicted molar refractivity (Wildman–Crippen MR) is 88.5 cm³/mol. The van der Waals surface area contributed by atoms with Gasteiger partial charge in [-0.2, -0.15) is 0 Å². The molecule has 0 aliphatic heterocycles. The molecule has 0 spiro atoms. The Morgan fingerprint density at radius 3 is 2.32 bits per heavy atom. The predicted octanol–water partition coefficient (Wildman–Crippen LogP) is 5.02. The zero-order valence-electron chi connectivity index (χ0n) is 11.1. The Bertz CT molecular complexity index is 549. The summed E-state index contributed by atoms with van der Waals surface area (Å²) >= 11 is 7.14. The molecule has 0 amide bonds. The van der Waals surface area contributed by atoms with Crippen LogP contribution in [-0.2, 0) is 6.42 Å². The molecule has 0 radical (unpaired) electrons. The number of benzene rings is 2. The molecule has 0 saturated carbocycles. The minimum atomic E-state index is 0.310. The van der Waals surface area contributed by atoms with Crippen LogP contribution in [0.5, 0.6) is 0 Å². The number of nitrogens with one attached hydrogen (secondary N) is 1. The van der Waals surface area contributed by atoms with Crippen LogP contribution in [0.3, 0.4) is 0 Å². The fourth-order valence-electron chi connectivity index (χ4n) is 2.11. The van der Waals surface area contributed by atoms with Gasteiger partial charge in [0.1, 0.15) is 0 Å². The van der Waals surface area contributed by atoms with Gasteiger partial charge in [0.25, 0.3) is 0 Å².